The van der Waals surface area contributed by atoms with Gasteiger partial charge in [-0.05, 0) is 26.2 Å². The van der Waals surface area contributed by atoms with Crippen molar-refractivity contribution in [2.75, 3.05) is 6.54 Å². The van der Waals surface area contributed by atoms with Gasteiger partial charge >= 0.3 is 0 Å². The average molecular weight is 293 g/mol. The first-order valence-corrected chi connectivity index (χ1v) is 7.38. The van der Waals surface area contributed by atoms with Gasteiger partial charge < -0.3 is 14.6 Å². The molecule has 6 heteroatoms. The van der Waals surface area contributed by atoms with Crippen LogP contribution in [0, 0.1) is 19.8 Å². The fourth-order valence-corrected chi connectivity index (χ4v) is 2.45. The Hall–Kier alpha value is -1.85. The molecule has 0 aromatic carbocycles. The van der Waals surface area contributed by atoms with Crippen molar-refractivity contribution in [3.8, 4) is 0 Å². The van der Waals surface area contributed by atoms with E-state index in [9.17, 15) is 9.59 Å². The Morgan fingerprint density at radius 2 is 2.10 bits per heavy atom. The van der Waals surface area contributed by atoms with Crippen molar-refractivity contribution in [2.45, 2.75) is 53.1 Å². The molecule has 0 aliphatic carbocycles. The largest absolute Gasteiger partial charge is 0.444 e. The molecule has 1 saturated heterocycles. The molecular weight excluding hydrogens is 270 g/mol. The summed E-state index contributed by atoms with van der Waals surface area (Å²) in [6, 6.07) is -0.447. The number of nitrogens with zero attached hydrogens (tertiary/aromatic N) is 2. The lowest BCUT2D eigenvalue weighted by Crippen LogP contribution is -2.45. The second kappa shape index (κ2) is 6.28. The number of hydrogen-bond acceptors (Lipinski definition) is 4. The van der Waals surface area contributed by atoms with Gasteiger partial charge in [-0.3, -0.25) is 9.59 Å². The number of oxazole rings is 1. The van der Waals surface area contributed by atoms with Crippen molar-refractivity contribution in [2.24, 2.45) is 5.92 Å². The molecule has 0 radical (unpaired) electrons. The Bertz CT molecular complexity index is 517. The van der Waals surface area contributed by atoms with Crippen LogP contribution in [-0.4, -0.2) is 34.3 Å². The van der Waals surface area contributed by atoms with E-state index in [1.807, 2.05) is 27.7 Å². The molecule has 2 heterocycles. The van der Waals surface area contributed by atoms with E-state index in [0.29, 0.717) is 37.7 Å². The van der Waals surface area contributed by atoms with Crippen LogP contribution in [0.15, 0.2) is 4.42 Å². The molecular formula is C15H23N3O3. The van der Waals surface area contributed by atoms with Gasteiger partial charge in [0, 0.05) is 13.0 Å². The quantitative estimate of drug-likeness (QED) is 0.914. The average Bonchev–Trinajstić information content (AvgIpc) is 2.64. The zero-order valence-corrected chi connectivity index (χ0v) is 13.1. The highest BCUT2D eigenvalue weighted by Crippen LogP contribution is 2.16. The van der Waals surface area contributed by atoms with Gasteiger partial charge in [-0.2, -0.15) is 0 Å². The van der Waals surface area contributed by atoms with Crippen molar-refractivity contribution in [1.29, 1.82) is 0 Å². The van der Waals surface area contributed by atoms with E-state index in [0.717, 1.165) is 11.5 Å². The lowest BCUT2D eigenvalue weighted by atomic mass is 10.0. The van der Waals surface area contributed by atoms with Gasteiger partial charge in [0.2, 0.25) is 17.7 Å². The van der Waals surface area contributed by atoms with E-state index in [1.54, 1.807) is 4.90 Å². The maximum absolute atomic E-state index is 12.6. The zero-order valence-electron chi connectivity index (χ0n) is 13.1. The normalized spacial score (nSPS) is 19.9. The van der Waals surface area contributed by atoms with E-state index in [2.05, 4.69) is 10.3 Å². The summed E-state index contributed by atoms with van der Waals surface area (Å²) in [5.74, 6) is 1.50. The third-order valence-electron chi connectivity index (χ3n) is 3.66. The summed E-state index contributed by atoms with van der Waals surface area (Å²) in [6.07, 6.45) is 0.962. The Balaban J connectivity index is 2.13. The number of nitrogens with one attached hydrogen (secondary N) is 1. The fraction of sp³-hybridized carbons (Fsp3) is 0.667. The number of hydrogen-bond donors (Lipinski definition) is 1. The maximum atomic E-state index is 12.6. The summed E-state index contributed by atoms with van der Waals surface area (Å²) in [7, 11) is 0. The molecule has 1 unspecified atom stereocenters. The van der Waals surface area contributed by atoms with Crippen molar-refractivity contribution >= 4 is 11.8 Å². The summed E-state index contributed by atoms with van der Waals surface area (Å²) >= 11 is 0. The Morgan fingerprint density at radius 3 is 2.67 bits per heavy atom. The number of aromatic nitrogens is 1. The molecule has 2 amide bonds. The van der Waals surface area contributed by atoms with E-state index < -0.39 is 6.04 Å². The first kappa shape index (κ1) is 15.5. The van der Waals surface area contributed by atoms with E-state index >= 15 is 0 Å². The highest BCUT2D eigenvalue weighted by Gasteiger charge is 2.31. The molecule has 1 aromatic rings. The minimum atomic E-state index is -0.447. The first-order valence-electron chi connectivity index (χ1n) is 7.38. The molecule has 2 rings (SSSR count). The second-order valence-electron chi connectivity index (χ2n) is 6.01. The number of carbonyl (C=O) groups is 2. The minimum absolute atomic E-state index is 0.0527. The van der Waals surface area contributed by atoms with Crippen LogP contribution in [0.2, 0.25) is 0 Å². The van der Waals surface area contributed by atoms with Crippen LogP contribution in [0.3, 0.4) is 0 Å². The zero-order chi connectivity index (χ0) is 15.6. The number of amides is 2. The van der Waals surface area contributed by atoms with Crippen LogP contribution in [0.25, 0.3) is 0 Å². The van der Waals surface area contributed by atoms with Crippen LogP contribution >= 0.6 is 0 Å². The second-order valence-corrected chi connectivity index (χ2v) is 6.01. The van der Waals surface area contributed by atoms with Crippen LogP contribution in [0.4, 0.5) is 0 Å². The SMILES string of the molecule is Cc1nc(CN2CCC(=O)NC(CC(C)C)C2=O)oc1C. The summed E-state index contributed by atoms with van der Waals surface area (Å²) in [4.78, 5) is 30.3. The molecule has 0 saturated carbocycles. The third kappa shape index (κ3) is 3.83. The Labute approximate surface area is 124 Å². The van der Waals surface area contributed by atoms with Crippen LogP contribution in [-0.2, 0) is 16.1 Å². The first-order chi connectivity index (χ1) is 9.86. The predicted octanol–water partition coefficient (Wildman–Crippen LogP) is 1.55. The molecule has 116 valence electrons. The minimum Gasteiger partial charge on any atom is -0.444 e. The van der Waals surface area contributed by atoms with Crippen molar-refractivity contribution in [3.63, 3.8) is 0 Å². The summed E-state index contributed by atoms with van der Waals surface area (Å²) < 4.78 is 5.54. The fourth-order valence-electron chi connectivity index (χ4n) is 2.45. The van der Waals surface area contributed by atoms with Crippen molar-refractivity contribution in [1.82, 2.24) is 15.2 Å². The number of rotatable bonds is 4. The topological polar surface area (TPSA) is 75.4 Å². The van der Waals surface area contributed by atoms with E-state index in [-0.39, 0.29) is 11.8 Å². The predicted molar refractivity (Wildman–Crippen MR) is 77.4 cm³/mol. The molecule has 0 spiro atoms. The molecule has 1 aliphatic rings. The molecule has 1 fully saturated rings. The maximum Gasteiger partial charge on any atom is 0.245 e. The third-order valence-corrected chi connectivity index (χ3v) is 3.66. The number of carbonyl (C=O) groups excluding carboxylic acids is 2. The molecule has 1 aromatic heterocycles. The van der Waals surface area contributed by atoms with Gasteiger partial charge in [0.1, 0.15) is 11.8 Å². The summed E-state index contributed by atoms with van der Waals surface area (Å²) in [6.45, 7) is 8.52. The summed E-state index contributed by atoms with van der Waals surface area (Å²) in [5, 5.41) is 2.81. The molecule has 0 bridgehead atoms. The standard InChI is InChI=1S/C15H23N3O3/c1-9(2)7-12-15(20)18(6-5-13(19)17-12)8-14-16-10(3)11(4)21-14/h9,12H,5-8H2,1-4H3,(H,17,19). The Kier molecular flexibility index (Phi) is 4.65. The smallest absolute Gasteiger partial charge is 0.245 e. The lowest BCUT2D eigenvalue weighted by molar-refractivity contribution is -0.134. The van der Waals surface area contributed by atoms with Crippen LogP contribution < -0.4 is 5.32 Å². The van der Waals surface area contributed by atoms with Crippen molar-refractivity contribution in [3.05, 3.63) is 17.3 Å². The molecule has 6 nitrogen and oxygen atoms in total. The lowest BCUT2D eigenvalue weighted by Gasteiger charge is -2.23. The monoisotopic (exact) mass is 293 g/mol. The summed E-state index contributed by atoms with van der Waals surface area (Å²) in [5.41, 5.74) is 0.834. The number of aryl methyl sites for hydroxylation is 2. The molecule has 1 atom stereocenters. The highest BCUT2D eigenvalue weighted by molar-refractivity contribution is 5.89. The van der Waals surface area contributed by atoms with Gasteiger partial charge in [0.05, 0.1) is 12.2 Å². The van der Waals surface area contributed by atoms with Crippen molar-refractivity contribution < 1.29 is 14.0 Å². The highest BCUT2D eigenvalue weighted by atomic mass is 16.4. The van der Waals surface area contributed by atoms with E-state index in [1.165, 1.54) is 0 Å². The van der Waals surface area contributed by atoms with Gasteiger partial charge in [-0.1, -0.05) is 13.8 Å². The van der Waals surface area contributed by atoms with Gasteiger partial charge in [-0.25, -0.2) is 4.98 Å². The van der Waals surface area contributed by atoms with Gasteiger partial charge in [0.15, 0.2) is 0 Å². The van der Waals surface area contributed by atoms with Crippen LogP contribution in [0.5, 0.6) is 0 Å². The van der Waals surface area contributed by atoms with E-state index in [4.69, 9.17) is 4.42 Å². The van der Waals surface area contributed by atoms with Crippen LogP contribution in [0.1, 0.15) is 44.0 Å². The van der Waals surface area contributed by atoms with Gasteiger partial charge in [0.25, 0.3) is 0 Å². The van der Waals surface area contributed by atoms with Gasteiger partial charge in [-0.15, -0.1) is 0 Å². The molecule has 1 N–H and O–H groups in total. The Morgan fingerprint density at radius 1 is 1.38 bits per heavy atom. The molecule has 21 heavy (non-hydrogen) atoms. The molecule has 1 aliphatic heterocycles.